The molecule has 1 aromatic carbocycles. The summed E-state index contributed by atoms with van der Waals surface area (Å²) in [7, 11) is 0. The van der Waals surface area contributed by atoms with Crippen LogP contribution in [0.25, 0.3) is 0 Å². The van der Waals surface area contributed by atoms with E-state index in [1.54, 1.807) is 24.3 Å². The lowest BCUT2D eigenvalue weighted by molar-refractivity contribution is -0.145. The van der Waals surface area contributed by atoms with Crippen LogP contribution < -0.4 is 5.32 Å². The predicted molar refractivity (Wildman–Crippen MR) is 60.3 cm³/mol. The molecule has 1 atom stereocenters. The average Bonchev–Trinajstić information content (AvgIpc) is 2.81. The van der Waals surface area contributed by atoms with Gasteiger partial charge in [-0.15, -0.1) is 0 Å². The Morgan fingerprint density at radius 2 is 2.35 bits per heavy atom. The SMILES string of the molecule is O=C(C[C@H]1COCN1)OCc1ccccc1O. The number of hydrogen-bond acceptors (Lipinski definition) is 5. The highest BCUT2D eigenvalue weighted by molar-refractivity contribution is 5.70. The maximum atomic E-state index is 11.5. The van der Waals surface area contributed by atoms with Crippen LogP contribution in [0.2, 0.25) is 0 Å². The topological polar surface area (TPSA) is 67.8 Å². The molecule has 5 nitrogen and oxygen atoms in total. The molecule has 1 saturated heterocycles. The van der Waals surface area contributed by atoms with Crippen LogP contribution in [0.5, 0.6) is 5.75 Å². The Hall–Kier alpha value is -1.59. The lowest BCUT2D eigenvalue weighted by Gasteiger charge is -2.09. The van der Waals surface area contributed by atoms with Gasteiger partial charge in [0, 0.05) is 11.6 Å². The van der Waals surface area contributed by atoms with Crippen LogP contribution in [0.3, 0.4) is 0 Å². The minimum Gasteiger partial charge on any atom is -0.508 e. The number of aromatic hydroxyl groups is 1. The smallest absolute Gasteiger partial charge is 0.307 e. The quantitative estimate of drug-likeness (QED) is 0.757. The minimum atomic E-state index is -0.295. The van der Waals surface area contributed by atoms with E-state index in [0.717, 1.165) is 0 Å². The Morgan fingerprint density at radius 1 is 1.53 bits per heavy atom. The molecule has 1 heterocycles. The van der Waals surface area contributed by atoms with Crippen molar-refractivity contribution in [3.8, 4) is 5.75 Å². The number of benzene rings is 1. The van der Waals surface area contributed by atoms with E-state index in [2.05, 4.69) is 5.32 Å². The zero-order chi connectivity index (χ0) is 12.1. The second-order valence-corrected chi connectivity index (χ2v) is 3.91. The van der Waals surface area contributed by atoms with Gasteiger partial charge in [0.1, 0.15) is 12.4 Å². The first-order chi connectivity index (χ1) is 8.25. The zero-order valence-corrected chi connectivity index (χ0v) is 9.39. The molecule has 1 aliphatic heterocycles. The molecule has 5 heteroatoms. The van der Waals surface area contributed by atoms with Crippen LogP contribution in [-0.2, 0) is 20.9 Å². The molecule has 17 heavy (non-hydrogen) atoms. The molecular weight excluding hydrogens is 222 g/mol. The van der Waals surface area contributed by atoms with E-state index in [-0.39, 0.29) is 30.8 Å². The van der Waals surface area contributed by atoms with Crippen LogP contribution >= 0.6 is 0 Å². The third kappa shape index (κ3) is 3.44. The molecule has 0 aromatic heterocycles. The number of phenols is 1. The summed E-state index contributed by atoms with van der Waals surface area (Å²) in [5, 5.41) is 12.5. The molecule has 0 radical (unpaired) electrons. The summed E-state index contributed by atoms with van der Waals surface area (Å²) in [6, 6.07) is 6.83. The number of nitrogens with one attached hydrogen (secondary N) is 1. The Kier molecular flexibility index (Phi) is 3.95. The highest BCUT2D eigenvalue weighted by Crippen LogP contribution is 2.16. The van der Waals surface area contributed by atoms with E-state index < -0.39 is 0 Å². The van der Waals surface area contributed by atoms with Crippen LogP contribution in [0.4, 0.5) is 0 Å². The number of carbonyl (C=O) groups is 1. The Bertz CT molecular complexity index is 388. The lowest BCUT2D eigenvalue weighted by atomic mass is 10.2. The van der Waals surface area contributed by atoms with Crippen molar-refractivity contribution < 1.29 is 19.4 Å². The fraction of sp³-hybridized carbons (Fsp3) is 0.417. The number of phenolic OH excluding ortho intramolecular Hbond substituents is 1. The highest BCUT2D eigenvalue weighted by atomic mass is 16.5. The standard InChI is InChI=1S/C12H15NO4/c14-11-4-2-1-3-9(11)6-17-12(15)5-10-7-16-8-13-10/h1-4,10,13-14H,5-8H2/t10-/m0/s1. The Balaban J connectivity index is 1.77. The molecule has 92 valence electrons. The highest BCUT2D eigenvalue weighted by Gasteiger charge is 2.19. The van der Waals surface area contributed by atoms with Crippen molar-refractivity contribution in [1.29, 1.82) is 0 Å². The van der Waals surface area contributed by atoms with Gasteiger partial charge in [0.05, 0.1) is 19.8 Å². The fourth-order valence-corrected chi connectivity index (χ4v) is 1.62. The molecule has 0 saturated carbocycles. The van der Waals surface area contributed by atoms with Crippen molar-refractivity contribution in [2.24, 2.45) is 0 Å². The number of hydrogen-bond donors (Lipinski definition) is 2. The number of rotatable bonds is 4. The van der Waals surface area contributed by atoms with Crippen LogP contribution in [0, 0.1) is 0 Å². The third-order valence-corrected chi connectivity index (χ3v) is 2.59. The van der Waals surface area contributed by atoms with E-state index in [9.17, 15) is 9.90 Å². The summed E-state index contributed by atoms with van der Waals surface area (Å²) < 4.78 is 10.2. The van der Waals surface area contributed by atoms with Gasteiger partial charge in [-0.3, -0.25) is 10.1 Å². The zero-order valence-electron chi connectivity index (χ0n) is 9.39. The second kappa shape index (κ2) is 5.65. The average molecular weight is 237 g/mol. The van der Waals surface area contributed by atoms with Gasteiger partial charge in [0.15, 0.2) is 0 Å². The number of carbonyl (C=O) groups excluding carboxylic acids is 1. The van der Waals surface area contributed by atoms with E-state index in [4.69, 9.17) is 9.47 Å². The van der Waals surface area contributed by atoms with Crippen molar-refractivity contribution in [2.75, 3.05) is 13.3 Å². The first-order valence-electron chi connectivity index (χ1n) is 5.49. The summed E-state index contributed by atoms with van der Waals surface area (Å²) in [6.07, 6.45) is 0.285. The summed E-state index contributed by atoms with van der Waals surface area (Å²) in [5.41, 5.74) is 0.608. The molecule has 0 aliphatic carbocycles. The summed E-state index contributed by atoms with van der Waals surface area (Å²) in [6.45, 7) is 1.11. The van der Waals surface area contributed by atoms with Crippen molar-refractivity contribution >= 4 is 5.97 Å². The van der Waals surface area contributed by atoms with Gasteiger partial charge in [-0.2, -0.15) is 0 Å². The van der Waals surface area contributed by atoms with E-state index in [1.807, 2.05) is 0 Å². The van der Waals surface area contributed by atoms with Gasteiger partial charge < -0.3 is 14.6 Å². The van der Waals surface area contributed by atoms with Gasteiger partial charge in [0.2, 0.25) is 0 Å². The maximum absolute atomic E-state index is 11.5. The Labute approximate surface area is 99.3 Å². The molecule has 1 aliphatic rings. The van der Waals surface area contributed by atoms with Gasteiger partial charge in [0.25, 0.3) is 0 Å². The molecule has 2 N–H and O–H groups in total. The first-order valence-corrected chi connectivity index (χ1v) is 5.49. The van der Waals surface area contributed by atoms with Gasteiger partial charge in [-0.1, -0.05) is 18.2 Å². The summed E-state index contributed by atoms with van der Waals surface area (Å²) in [4.78, 5) is 11.5. The Morgan fingerprint density at radius 3 is 3.06 bits per heavy atom. The molecule has 2 rings (SSSR count). The third-order valence-electron chi connectivity index (χ3n) is 2.59. The largest absolute Gasteiger partial charge is 0.508 e. The molecule has 0 unspecified atom stereocenters. The fourth-order valence-electron chi connectivity index (χ4n) is 1.62. The van der Waals surface area contributed by atoms with E-state index in [0.29, 0.717) is 18.9 Å². The van der Waals surface area contributed by atoms with Crippen LogP contribution in [0.15, 0.2) is 24.3 Å². The summed E-state index contributed by atoms with van der Waals surface area (Å²) >= 11 is 0. The molecular formula is C12H15NO4. The predicted octanol–water partition coefficient (Wildman–Crippen LogP) is 0.771. The van der Waals surface area contributed by atoms with Crippen molar-refractivity contribution in [1.82, 2.24) is 5.32 Å². The minimum absolute atomic E-state index is 0.0341. The van der Waals surface area contributed by atoms with E-state index in [1.165, 1.54) is 0 Å². The molecule has 0 bridgehead atoms. The van der Waals surface area contributed by atoms with Crippen LogP contribution in [-0.4, -0.2) is 30.5 Å². The molecule has 0 amide bonds. The summed E-state index contributed by atoms with van der Waals surface area (Å²) in [5.74, 6) is -0.154. The van der Waals surface area contributed by atoms with E-state index >= 15 is 0 Å². The van der Waals surface area contributed by atoms with Gasteiger partial charge in [-0.25, -0.2) is 0 Å². The van der Waals surface area contributed by atoms with Crippen molar-refractivity contribution in [3.05, 3.63) is 29.8 Å². The van der Waals surface area contributed by atoms with Crippen LogP contribution in [0.1, 0.15) is 12.0 Å². The van der Waals surface area contributed by atoms with Crippen molar-refractivity contribution in [2.45, 2.75) is 19.1 Å². The van der Waals surface area contributed by atoms with Gasteiger partial charge >= 0.3 is 5.97 Å². The molecule has 1 aromatic rings. The second-order valence-electron chi connectivity index (χ2n) is 3.91. The first kappa shape index (κ1) is 11.9. The van der Waals surface area contributed by atoms with Crippen molar-refractivity contribution in [3.63, 3.8) is 0 Å². The number of ether oxygens (including phenoxy) is 2. The lowest BCUT2D eigenvalue weighted by Crippen LogP contribution is -2.27. The monoisotopic (exact) mass is 237 g/mol. The number of esters is 1. The van der Waals surface area contributed by atoms with Gasteiger partial charge in [-0.05, 0) is 6.07 Å². The number of para-hydroxylation sites is 1. The molecule has 0 spiro atoms. The maximum Gasteiger partial charge on any atom is 0.307 e. The molecule has 1 fully saturated rings. The normalized spacial score (nSPS) is 19.2.